The number of hydrogen-bond donors (Lipinski definition) is 1. The molecular weight excluding hydrogens is 336 g/mol. The van der Waals surface area contributed by atoms with Crippen LogP contribution in [0, 0.1) is 0 Å². The van der Waals surface area contributed by atoms with Gasteiger partial charge in [0, 0.05) is 31.2 Å². The molecule has 6 heteroatoms. The summed E-state index contributed by atoms with van der Waals surface area (Å²) < 4.78 is 25.3. The van der Waals surface area contributed by atoms with Crippen molar-refractivity contribution in [2.75, 3.05) is 19.6 Å². The topological polar surface area (TPSA) is 66.5 Å². The number of nitrogens with one attached hydrogen (secondary N) is 1. The molecule has 0 aliphatic carbocycles. The number of piperazine rings is 1. The van der Waals surface area contributed by atoms with Crippen molar-refractivity contribution in [2.45, 2.75) is 23.6 Å². The Morgan fingerprint density at radius 1 is 1.16 bits per heavy atom. The van der Waals surface area contributed by atoms with Gasteiger partial charge in [0.1, 0.15) is 0 Å². The molecular formula is C19H22N2O3S. The molecule has 0 bridgehead atoms. The van der Waals surface area contributed by atoms with Crippen molar-refractivity contribution < 1.29 is 13.2 Å². The van der Waals surface area contributed by atoms with Crippen molar-refractivity contribution in [3.63, 3.8) is 0 Å². The van der Waals surface area contributed by atoms with Gasteiger partial charge in [0.25, 0.3) is 5.91 Å². The summed E-state index contributed by atoms with van der Waals surface area (Å²) in [7, 11) is -3.49. The number of hydrogen-bond acceptors (Lipinski definition) is 4. The zero-order valence-corrected chi connectivity index (χ0v) is 15.0. The van der Waals surface area contributed by atoms with Crippen LogP contribution >= 0.6 is 0 Å². The van der Waals surface area contributed by atoms with Crippen LogP contribution in [0.1, 0.15) is 22.8 Å². The number of amides is 1. The third-order valence-electron chi connectivity index (χ3n) is 4.30. The summed E-state index contributed by atoms with van der Waals surface area (Å²) in [5, 5.41) is 3.29. The second-order valence-electron chi connectivity index (χ2n) is 6.38. The van der Waals surface area contributed by atoms with Crippen LogP contribution < -0.4 is 5.32 Å². The number of carbonyl (C=O) groups is 1. The summed E-state index contributed by atoms with van der Waals surface area (Å²) in [6, 6.07) is 15.7. The van der Waals surface area contributed by atoms with E-state index in [0.717, 1.165) is 12.1 Å². The first-order valence-electron chi connectivity index (χ1n) is 8.35. The van der Waals surface area contributed by atoms with Crippen LogP contribution in [0.5, 0.6) is 0 Å². The van der Waals surface area contributed by atoms with Gasteiger partial charge in [0.2, 0.25) is 0 Å². The first-order chi connectivity index (χ1) is 12.0. The molecule has 1 atom stereocenters. The molecule has 1 aliphatic rings. The monoisotopic (exact) mass is 358 g/mol. The number of sulfone groups is 1. The molecule has 0 spiro atoms. The van der Waals surface area contributed by atoms with E-state index in [1.807, 2.05) is 25.1 Å². The van der Waals surface area contributed by atoms with E-state index in [-0.39, 0.29) is 22.6 Å². The van der Waals surface area contributed by atoms with E-state index in [1.54, 1.807) is 35.2 Å². The fourth-order valence-corrected chi connectivity index (χ4v) is 4.39. The fraction of sp³-hybridized carbons (Fsp3) is 0.316. The lowest BCUT2D eigenvalue weighted by Crippen LogP contribution is -2.51. The van der Waals surface area contributed by atoms with Crippen LogP contribution in [0.25, 0.3) is 0 Å². The largest absolute Gasteiger partial charge is 0.336 e. The molecule has 1 saturated heterocycles. The molecule has 1 amide bonds. The van der Waals surface area contributed by atoms with Crippen molar-refractivity contribution in [1.82, 2.24) is 10.2 Å². The molecule has 2 aromatic rings. The fourth-order valence-electron chi connectivity index (χ4n) is 3.00. The summed E-state index contributed by atoms with van der Waals surface area (Å²) >= 11 is 0. The lowest BCUT2D eigenvalue weighted by Gasteiger charge is -2.32. The average Bonchev–Trinajstić information content (AvgIpc) is 2.62. The highest BCUT2D eigenvalue weighted by atomic mass is 32.2. The van der Waals surface area contributed by atoms with Crippen LogP contribution in [-0.2, 0) is 15.6 Å². The Labute approximate surface area is 148 Å². The summed E-state index contributed by atoms with van der Waals surface area (Å²) in [6.07, 6.45) is 0. The lowest BCUT2D eigenvalue weighted by molar-refractivity contribution is 0.0709. The van der Waals surface area contributed by atoms with Crippen molar-refractivity contribution in [3.05, 3.63) is 65.7 Å². The van der Waals surface area contributed by atoms with Crippen molar-refractivity contribution in [3.8, 4) is 0 Å². The third-order valence-corrected chi connectivity index (χ3v) is 5.98. The smallest absolute Gasteiger partial charge is 0.253 e. The first-order valence-corrected chi connectivity index (χ1v) is 10.0. The minimum atomic E-state index is -3.49. The van der Waals surface area contributed by atoms with Crippen molar-refractivity contribution in [1.29, 1.82) is 0 Å². The maximum absolute atomic E-state index is 12.7. The minimum Gasteiger partial charge on any atom is -0.336 e. The predicted molar refractivity (Wildman–Crippen MR) is 97.1 cm³/mol. The zero-order valence-electron chi connectivity index (χ0n) is 14.2. The molecule has 1 fully saturated rings. The first kappa shape index (κ1) is 17.6. The van der Waals surface area contributed by atoms with Gasteiger partial charge < -0.3 is 10.2 Å². The van der Waals surface area contributed by atoms with Crippen molar-refractivity contribution in [2.24, 2.45) is 0 Å². The van der Waals surface area contributed by atoms with E-state index in [1.165, 1.54) is 6.07 Å². The molecule has 0 unspecified atom stereocenters. The molecule has 5 nitrogen and oxygen atoms in total. The van der Waals surface area contributed by atoms with Crippen LogP contribution in [-0.4, -0.2) is 44.9 Å². The quantitative estimate of drug-likeness (QED) is 0.909. The van der Waals surface area contributed by atoms with Crippen LogP contribution in [0.15, 0.2) is 59.5 Å². The van der Waals surface area contributed by atoms with Gasteiger partial charge >= 0.3 is 0 Å². The SMILES string of the molecule is C[C@H]1CN(C(=O)c2cccc(S(=O)(=O)Cc3ccccc3)c2)CCN1. The summed E-state index contributed by atoms with van der Waals surface area (Å²) in [6.45, 7) is 4.03. The molecule has 1 heterocycles. The Morgan fingerprint density at radius 2 is 1.92 bits per heavy atom. The molecule has 0 aromatic heterocycles. The maximum Gasteiger partial charge on any atom is 0.253 e. The van der Waals surface area contributed by atoms with Gasteiger partial charge in [0.05, 0.1) is 10.6 Å². The van der Waals surface area contributed by atoms with Gasteiger partial charge in [-0.05, 0) is 30.7 Å². The Kier molecular flexibility index (Phi) is 5.20. The Hall–Kier alpha value is -2.18. The lowest BCUT2D eigenvalue weighted by atomic mass is 10.1. The molecule has 0 saturated carbocycles. The minimum absolute atomic E-state index is 0.0733. The Balaban J connectivity index is 1.82. The number of nitrogens with zero attached hydrogens (tertiary/aromatic N) is 1. The highest BCUT2D eigenvalue weighted by Gasteiger charge is 2.23. The van der Waals surface area contributed by atoms with E-state index < -0.39 is 9.84 Å². The van der Waals surface area contributed by atoms with Crippen molar-refractivity contribution >= 4 is 15.7 Å². The maximum atomic E-state index is 12.7. The highest BCUT2D eigenvalue weighted by molar-refractivity contribution is 7.90. The van der Waals surface area contributed by atoms with Gasteiger partial charge in [-0.2, -0.15) is 0 Å². The Bertz CT molecular complexity index is 850. The molecule has 0 radical (unpaired) electrons. The number of rotatable bonds is 4. The Morgan fingerprint density at radius 3 is 2.64 bits per heavy atom. The summed E-state index contributed by atoms with van der Waals surface area (Å²) in [5.74, 6) is -0.194. The van der Waals surface area contributed by atoms with Gasteiger partial charge in [-0.1, -0.05) is 36.4 Å². The second-order valence-corrected chi connectivity index (χ2v) is 8.37. The molecule has 3 rings (SSSR count). The molecule has 1 N–H and O–H groups in total. The molecule has 132 valence electrons. The van der Waals surface area contributed by atoms with Crippen LogP contribution in [0.3, 0.4) is 0 Å². The zero-order chi connectivity index (χ0) is 17.9. The van der Waals surface area contributed by atoms with E-state index in [2.05, 4.69) is 5.32 Å². The van der Waals surface area contributed by atoms with Gasteiger partial charge in [0.15, 0.2) is 9.84 Å². The number of benzene rings is 2. The third kappa shape index (κ3) is 4.27. The summed E-state index contributed by atoms with van der Waals surface area (Å²) in [4.78, 5) is 14.6. The average molecular weight is 358 g/mol. The molecule has 2 aromatic carbocycles. The van der Waals surface area contributed by atoms with Gasteiger partial charge in [-0.3, -0.25) is 4.79 Å². The highest BCUT2D eigenvalue weighted by Crippen LogP contribution is 2.19. The number of carbonyl (C=O) groups excluding carboxylic acids is 1. The van der Waals surface area contributed by atoms with E-state index >= 15 is 0 Å². The molecule has 1 aliphatic heterocycles. The summed E-state index contributed by atoms with van der Waals surface area (Å²) in [5.41, 5.74) is 1.15. The van der Waals surface area contributed by atoms with Crippen LogP contribution in [0.4, 0.5) is 0 Å². The standard InChI is InChI=1S/C19H22N2O3S/c1-15-13-21(11-10-20-15)19(22)17-8-5-9-18(12-17)25(23,24)14-16-6-3-2-4-7-16/h2-9,12,15,20H,10-11,13-14H2,1H3/t15-/m0/s1. The predicted octanol–water partition coefficient (Wildman–Crippen LogP) is 2.09. The molecule has 25 heavy (non-hydrogen) atoms. The normalized spacial score (nSPS) is 18.1. The van der Waals surface area contributed by atoms with E-state index in [4.69, 9.17) is 0 Å². The van der Waals surface area contributed by atoms with Gasteiger partial charge in [-0.15, -0.1) is 0 Å². The van der Waals surface area contributed by atoms with E-state index in [9.17, 15) is 13.2 Å². The van der Waals surface area contributed by atoms with Gasteiger partial charge in [-0.25, -0.2) is 8.42 Å². The van der Waals surface area contributed by atoms with E-state index in [0.29, 0.717) is 18.7 Å². The second kappa shape index (κ2) is 7.37. The van der Waals surface area contributed by atoms with Crippen LogP contribution in [0.2, 0.25) is 0 Å².